The van der Waals surface area contributed by atoms with Crippen molar-refractivity contribution in [2.24, 2.45) is 0 Å². The van der Waals surface area contributed by atoms with Crippen molar-refractivity contribution in [3.8, 4) is 0 Å². The smallest absolute Gasteiger partial charge is 0.306 e. The Morgan fingerprint density at radius 3 is 1.33 bits per heavy atom. The van der Waals surface area contributed by atoms with Gasteiger partial charge in [0, 0.05) is 6.42 Å². The van der Waals surface area contributed by atoms with E-state index in [1.165, 1.54) is 148 Å². The molecule has 0 heterocycles. The minimum atomic E-state index is -0.805. The van der Waals surface area contributed by atoms with Crippen molar-refractivity contribution in [2.75, 3.05) is 6.61 Å². The minimum absolute atomic E-state index is 0.0362. The van der Waals surface area contributed by atoms with Gasteiger partial charge in [0.2, 0.25) is 5.91 Å². The third kappa shape index (κ3) is 46.1. The molecule has 0 rings (SSSR count). The predicted octanol–water partition coefficient (Wildman–Crippen LogP) is 16.8. The van der Waals surface area contributed by atoms with Gasteiger partial charge in [-0.05, 0) is 83.5 Å². The van der Waals surface area contributed by atoms with Crippen LogP contribution in [0.25, 0.3) is 0 Å². The number of ether oxygens (including phenoxy) is 1. The van der Waals surface area contributed by atoms with E-state index in [0.29, 0.717) is 19.3 Å². The number of unbranched alkanes of at least 4 members (excludes halogenated alkanes) is 27. The first-order valence-corrected chi connectivity index (χ1v) is 27.5. The van der Waals surface area contributed by atoms with Gasteiger partial charge in [0.15, 0.2) is 0 Å². The van der Waals surface area contributed by atoms with Crippen LogP contribution >= 0.6 is 0 Å². The second-order valence-electron chi connectivity index (χ2n) is 18.6. The summed E-state index contributed by atoms with van der Waals surface area (Å²) in [7, 11) is 0. The number of hydrogen-bond donors (Lipinski definition) is 3. The molecule has 0 saturated carbocycles. The van der Waals surface area contributed by atoms with Gasteiger partial charge in [0.05, 0.1) is 25.2 Å². The standard InChI is InChI=1S/C58H105NO5/c1-4-7-10-13-16-19-22-24-26-28-30-32-35-37-40-43-46-49-54(64-58(63)51-48-45-42-39-34-21-18-15-12-9-6-3)52-57(62)59-55(53-60)56(61)50-47-44-41-38-36-33-31-29-27-25-23-20-17-14-11-8-5-2/h15-16,18-19,24,26,30,32,37,40,54-56,60-61H,4-14,17,20-23,25,27-29,31,33-36,38-39,41-53H2,1-3H3,(H,59,62)/b18-15-,19-16-,26-24-,32-30-,40-37-. The number of aliphatic hydroxyl groups is 2. The molecule has 0 radical (unpaired) electrons. The van der Waals surface area contributed by atoms with Crippen molar-refractivity contribution >= 4 is 11.9 Å². The summed E-state index contributed by atoms with van der Waals surface area (Å²) in [6.07, 6.45) is 64.3. The largest absolute Gasteiger partial charge is 0.462 e. The lowest BCUT2D eigenvalue weighted by Gasteiger charge is -2.24. The zero-order valence-corrected chi connectivity index (χ0v) is 42.4. The Balaban J connectivity index is 4.61. The van der Waals surface area contributed by atoms with Crippen LogP contribution in [0.1, 0.15) is 271 Å². The molecule has 6 nitrogen and oxygen atoms in total. The van der Waals surface area contributed by atoms with E-state index < -0.39 is 18.2 Å². The Morgan fingerprint density at radius 2 is 0.828 bits per heavy atom. The van der Waals surface area contributed by atoms with Gasteiger partial charge in [-0.1, -0.05) is 236 Å². The summed E-state index contributed by atoms with van der Waals surface area (Å²) in [5.41, 5.74) is 0. The van der Waals surface area contributed by atoms with E-state index >= 15 is 0 Å². The van der Waals surface area contributed by atoms with Crippen LogP contribution in [-0.2, 0) is 14.3 Å². The average Bonchev–Trinajstić information content (AvgIpc) is 3.29. The van der Waals surface area contributed by atoms with Crippen LogP contribution in [-0.4, -0.2) is 46.9 Å². The lowest BCUT2D eigenvalue weighted by Crippen LogP contribution is -2.46. The first kappa shape index (κ1) is 61.6. The molecule has 372 valence electrons. The highest BCUT2D eigenvalue weighted by Crippen LogP contribution is 2.17. The second kappa shape index (κ2) is 51.5. The molecule has 0 fully saturated rings. The minimum Gasteiger partial charge on any atom is -0.462 e. The molecular formula is C58H105NO5. The lowest BCUT2D eigenvalue weighted by atomic mass is 10.0. The summed E-state index contributed by atoms with van der Waals surface area (Å²) < 4.78 is 5.90. The Bertz CT molecular complexity index is 1140. The highest BCUT2D eigenvalue weighted by molar-refractivity contribution is 5.77. The summed E-state index contributed by atoms with van der Waals surface area (Å²) in [6, 6.07) is -0.722. The molecule has 3 atom stereocenters. The molecule has 0 aromatic carbocycles. The Labute approximate surface area is 397 Å². The molecular weight excluding hydrogens is 791 g/mol. The number of carbonyl (C=O) groups is 2. The predicted molar refractivity (Wildman–Crippen MR) is 278 cm³/mol. The van der Waals surface area contributed by atoms with Gasteiger partial charge in [-0.3, -0.25) is 9.59 Å². The van der Waals surface area contributed by atoms with E-state index in [1.807, 2.05) is 0 Å². The first-order chi connectivity index (χ1) is 31.5. The van der Waals surface area contributed by atoms with Crippen molar-refractivity contribution in [3.63, 3.8) is 0 Å². The average molecular weight is 896 g/mol. The zero-order chi connectivity index (χ0) is 46.7. The number of hydrogen-bond acceptors (Lipinski definition) is 5. The molecule has 1 amide bonds. The zero-order valence-electron chi connectivity index (χ0n) is 42.4. The SMILES string of the molecule is CCCC/C=C\CCCCCCCC(=O)OC(CCC/C=C\C/C=C\C/C=C\C/C=C\CCCCC)CC(=O)NC(CO)C(O)CCCCCCCCCCCCCCCCCCC. The van der Waals surface area contributed by atoms with Gasteiger partial charge in [0.25, 0.3) is 0 Å². The molecule has 64 heavy (non-hydrogen) atoms. The maximum Gasteiger partial charge on any atom is 0.306 e. The van der Waals surface area contributed by atoms with E-state index in [1.54, 1.807) is 0 Å². The van der Waals surface area contributed by atoms with Crippen molar-refractivity contribution in [3.05, 3.63) is 60.8 Å². The molecule has 0 aliphatic heterocycles. The van der Waals surface area contributed by atoms with E-state index in [9.17, 15) is 19.8 Å². The molecule has 6 heteroatoms. The molecule has 0 aliphatic rings. The van der Waals surface area contributed by atoms with Crippen molar-refractivity contribution in [1.82, 2.24) is 5.32 Å². The summed E-state index contributed by atoms with van der Waals surface area (Å²) in [6.45, 7) is 6.42. The molecule has 0 aromatic heterocycles. The Kier molecular flexibility index (Phi) is 49.6. The summed E-state index contributed by atoms with van der Waals surface area (Å²) >= 11 is 0. The fourth-order valence-electron chi connectivity index (χ4n) is 8.11. The monoisotopic (exact) mass is 896 g/mol. The van der Waals surface area contributed by atoms with Crippen LogP contribution in [0.15, 0.2) is 60.8 Å². The Hall–Kier alpha value is -2.44. The molecule has 0 saturated heterocycles. The fourth-order valence-corrected chi connectivity index (χ4v) is 8.11. The molecule has 3 N–H and O–H groups in total. The first-order valence-electron chi connectivity index (χ1n) is 27.5. The van der Waals surface area contributed by atoms with Crippen LogP contribution < -0.4 is 5.32 Å². The van der Waals surface area contributed by atoms with E-state index in [-0.39, 0.29) is 24.9 Å². The van der Waals surface area contributed by atoms with Gasteiger partial charge >= 0.3 is 5.97 Å². The molecule has 0 bridgehead atoms. The van der Waals surface area contributed by atoms with Crippen molar-refractivity contribution in [1.29, 1.82) is 0 Å². The topological polar surface area (TPSA) is 95.9 Å². The van der Waals surface area contributed by atoms with Crippen LogP contribution in [0.4, 0.5) is 0 Å². The fraction of sp³-hybridized carbons (Fsp3) is 0.793. The van der Waals surface area contributed by atoms with Crippen LogP contribution in [0, 0.1) is 0 Å². The maximum absolute atomic E-state index is 13.2. The van der Waals surface area contributed by atoms with Gasteiger partial charge in [0.1, 0.15) is 6.10 Å². The summed E-state index contributed by atoms with van der Waals surface area (Å²) in [5.74, 6) is -0.535. The number of esters is 1. The van der Waals surface area contributed by atoms with E-state index in [4.69, 9.17) is 4.74 Å². The van der Waals surface area contributed by atoms with Gasteiger partial charge in [-0.15, -0.1) is 0 Å². The summed E-state index contributed by atoms with van der Waals surface area (Å²) in [4.78, 5) is 26.2. The highest BCUT2D eigenvalue weighted by atomic mass is 16.5. The van der Waals surface area contributed by atoms with Crippen molar-refractivity contribution < 1.29 is 24.5 Å². The van der Waals surface area contributed by atoms with E-state index in [0.717, 1.165) is 77.0 Å². The third-order valence-corrected chi connectivity index (χ3v) is 12.3. The molecule has 0 spiro atoms. The normalized spacial score (nSPS) is 13.6. The van der Waals surface area contributed by atoms with Gasteiger partial charge in [-0.25, -0.2) is 0 Å². The highest BCUT2D eigenvalue weighted by Gasteiger charge is 2.24. The lowest BCUT2D eigenvalue weighted by molar-refractivity contribution is -0.151. The molecule has 3 unspecified atom stereocenters. The number of amides is 1. The number of nitrogens with one attached hydrogen (secondary N) is 1. The van der Waals surface area contributed by atoms with Gasteiger partial charge < -0.3 is 20.3 Å². The maximum atomic E-state index is 13.2. The van der Waals surface area contributed by atoms with Crippen LogP contribution in [0.3, 0.4) is 0 Å². The quantitative estimate of drug-likeness (QED) is 0.0321. The number of allylic oxidation sites excluding steroid dienone is 10. The number of carbonyl (C=O) groups excluding carboxylic acids is 2. The van der Waals surface area contributed by atoms with Gasteiger partial charge in [-0.2, -0.15) is 0 Å². The summed E-state index contributed by atoms with van der Waals surface area (Å²) in [5, 5.41) is 23.8. The number of aliphatic hydroxyl groups excluding tert-OH is 2. The molecule has 0 aromatic rings. The van der Waals surface area contributed by atoms with E-state index in [2.05, 4.69) is 86.8 Å². The van der Waals surface area contributed by atoms with Crippen LogP contribution in [0.2, 0.25) is 0 Å². The Morgan fingerprint density at radius 1 is 0.453 bits per heavy atom. The molecule has 0 aliphatic carbocycles. The van der Waals surface area contributed by atoms with Crippen LogP contribution in [0.5, 0.6) is 0 Å². The third-order valence-electron chi connectivity index (χ3n) is 12.3. The number of rotatable bonds is 49. The second-order valence-corrected chi connectivity index (χ2v) is 18.6. The van der Waals surface area contributed by atoms with Crippen molar-refractivity contribution in [2.45, 2.75) is 289 Å².